The number of ketones is 1. The van der Waals surface area contributed by atoms with E-state index < -0.39 is 17.7 Å². The van der Waals surface area contributed by atoms with Gasteiger partial charge in [0.1, 0.15) is 11.5 Å². The summed E-state index contributed by atoms with van der Waals surface area (Å²) in [6, 6.07) is 21.2. The van der Waals surface area contributed by atoms with Crippen LogP contribution in [0.5, 0.6) is 11.5 Å². The highest BCUT2D eigenvalue weighted by atomic mass is 16.3. The fourth-order valence-electron chi connectivity index (χ4n) is 3.67. The number of hydrogen-bond acceptors (Lipinski definition) is 5. The molecule has 1 aliphatic rings. The molecule has 4 rings (SSSR count). The summed E-state index contributed by atoms with van der Waals surface area (Å²) in [5.41, 5.74) is 2.73. The third-order valence-electron chi connectivity index (χ3n) is 5.01. The Kier molecular flexibility index (Phi) is 4.98. The molecule has 0 aliphatic carbocycles. The maximum atomic E-state index is 13.1. The monoisotopic (exact) mass is 400 g/mol. The molecule has 1 heterocycles. The SMILES string of the molecule is C/C(Nc1ccccc1)=C1\C(=O)C(=O)N(c2ccc(O)cc2)C1c1cccc(O)c1. The number of Topliss-reactive ketones (excluding diaryl/α,β-unsaturated/α-hetero) is 1. The zero-order valence-electron chi connectivity index (χ0n) is 16.2. The molecule has 1 unspecified atom stereocenters. The largest absolute Gasteiger partial charge is 0.508 e. The Morgan fingerprint density at radius 2 is 1.57 bits per heavy atom. The average molecular weight is 400 g/mol. The highest BCUT2D eigenvalue weighted by Crippen LogP contribution is 2.41. The van der Waals surface area contributed by atoms with Gasteiger partial charge in [-0.2, -0.15) is 0 Å². The van der Waals surface area contributed by atoms with Crippen molar-refractivity contribution in [1.29, 1.82) is 0 Å². The van der Waals surface area contributed by atoms with Crippen molar-refractivity contribution in [3.05, 3.63) is 95.7 Å². The third-order valence-corrected chi connectivity index (χ3v) is 5.01. The molecule has 6 heteroatoms. The van der Waals surface area contributed by atoms with Crippen LogP contribution in [0.1, 0.15) is 18.5 Å². The molecule has 0 bridgehead atoms. The Morgan fingerprint density at radius 3 is 2.23 bits per heavy atom. The molecule has 3 aromatic rings. The minimum absolute atomic E-state index is 0.0398. The van der Waals surface area contributed by atoms with E-state index in [1.54, 1.807) is 37.3 Å². The molecule has 0 aromatic heterocycles. The average Bonchev–Trinajstić information content (AvgIpc) is 3.00. The first-order chi connectivity index (χ1) is 14.5. The Hall–Kier alpha value is -4.06. The minimum Gasteiger partial charge on any atom is -0.508 e. The van der Waals surface area contributed by atoms with Crippen molar-refractivity contribution in [2.24, 2.45) is 0 Å². The van der Waals surface area contributed by atoms with Crippen LogP contribution < -0.4 is 10.2 Å². The topological polar surface area (TPSA) is 89.9 Å². The number of aromatic hydroxyl groups is 2. The van der Waals surface area contributed by atoms with Crippen molar-refractivity contribution in [3.8, 4) is 11.5 Å². The van der Waals surface area contributed by atoms with E-state index in [0.717, 1.165) is 5.69 Å². The molecule has 1 atom stereocenters. The molecule has 1 amide bonds. The summed E-state index contributed by atoms with van der Waals surface area (Å²) in [4.78, 5) is 27.5. The lowest BCUT2D eigenvalue weighted by Gasteiger charge is -2.26. The number of carbonyl (C=O) groups excluding carboxylic acids is 2. The summed E-state index contributed by atoms with van der Waals surface area (Å²) in [5.74, 6) is -1.18. The number of amides is 1. The molecular weight excluding hydrogens is 380 g/mol. The molecule has 3 aromatic carbocycles. The van der Waals surface area contributed by atoms with E-state index in [1.807, 2.05) is 30.3 Å². The van der Waals surface area contributed by atoms with Gasteiger partial charge in [0.25, 0.3) is 11.7 Å². The van der Waals surface area contributed by atoms with Crippen molar-refractivity contribution >= 4 is 23.1 Å². The van der Waals surface area contributed by atoms with Crippen LogP contribution in [0.15, 0.2) is 90.1 Å². The number of nitrogens with zero attached hydrogens (tertiary/aromatic N) is 1. The van der Waals surface area contributed by atoms with Gasteiger partial charge in [0, 0.05) is 17.1 Å². The van der Waals surface area contributed by atoms with Gasteiger partial charge in [-0.15, -0.1) is 0 Å². The number of nitrogens with one attached hydrogen (secondary N) is 1. The zero-order valence-corrected chi connectivity index (χ0v) is 16.2. The first kappa shape index (κ1) is 19.3. The molecule has 0 spiro atoms. The van der Waals surface area contributed by atoms with Gasteiger partial charge in [-0.3, -0.25) is 14.5 Å². The fourth-order valence-corrected chi connectivity index (χ4v) is 3.67. The van der Waals surface area contributed by atoms with Crippen molar-refractivity contribution in [1.82, 2.24) is 0 Å². The molecule has 1 fully saturated rings. The standard InChI is InChI=1S/C24H20N2O4/c1-15(25-17-7-3-2-4-8-17)21-22(16-6-5-9-20(28)14-16)26(24(30)23(21)29)18-10-12-19(27)13-11-18/h2-14,22,25,27-28H,1H3/b21-15+. The molecule has 150 valence electrons. The number of carbonyl (C=O) groups is 2. The number of anilines is 2. The van der Waals surface area contributed by atoms with E-state index in [4.69, 9.17) is 0 Å². The summed E-state index contributed by atoms with van der Waals surface area (Å²) in [6.07, 6.45) is 0. The Morgan fingerprint density at radius 1 is 0.867 bits per heavy atom. The Balaban J connectivity index is 1.87. The van der Waals surface area contributed by atoms with Crippen LogP contribution in [0.2, 0.25) is 0 Å². The maximum absolute atomic E-state index is 13.1. The van der Waals surface area contributed by atoms with Crippen molar-refractivity contribution in [3.63, 3.8) is 0 Å². The minimum atomic E-state index is -0.724. The van der Waals surface area contributed by atoms with E-state index in [1.165, 1.54) is 23.1 Å². The molecule has 0 saturated carbocycles. The quantitative estimate of drug-likeness (QED) is 0.452. The van der Waals surface area contributed by atoms with Crippen LogP contribution in [0.25, 0.3) is 0 Å². The lowest BCUT2D eigenvalue weighted by Crippen LogP contribution is -2.29. The Bertz CT molecular complexity index is 1140. The molecule has 1 aliphatic heterocycles. The van der Waals surface area contributed by atoms with Crippen LogP contribution in [0.3, 0.4) is 0 Å². The lowest BCUT2D eigenvalue weighted by molar-refractivity contribution is -0.132. The van der Waals surface area contributed by atoms with E-state index in [0.29, 0.717) is 22.5 Å². The normalized spacial score (nSPS) is 17.9. The first-order valence-electron chi connectivity index (χ1n) is 9.44. The first-order valence-corrected chi connectivity index (χ1v) is 9.44. The van der Waals surface area contributed by atoms with Gasteiger partial charge in [0.05, 0.1) is 11.6 Å². The predicted octanol–water partition coefficient (Wildman–Crippen LogP) is 4.14. The van der Waals surface area contributed by atoms with Gasteiger partial charge in [0.15, 0.2) is 0 Å². The van der Waals surface area contributed by atoms with E-state index in [9.17, 15) is 19.8 Å². The second-order valence-electron chi connectivity index (χ2n) is 7.05. The van der Waals surface area contributed by atoms with Crippen molar-refractivity contribution in [2.45, 2.75) is 13.0 Å². The number of allylic oxidation sites excluding steroid dienone is 1. The van der Waals surface area contributed by atoms with Crippen LogP contribution in [-0.2, 0) is 9.59 Å². The summed E-state index contributed by atoms with van der Waals surface area (Å²) < 4.78 is 0. The highest BCUT2D eigenvalue weighted by molar-refractivity contribution is 6.51. The smallest absolute Gasteiger partial charge is 0.300 e. The van der Waals surface area contributed by atoms with Gasteiger partial charge in [-0.05, 0) is 61.0 Å². The number of hydrogen-bond donors (Lipinski definition) is 3. The van der Waals surface area contributed by atoms with Crippen molar-refractivity contribution < 1.29 is 19.8 Å². The van der Waals surface area contributed by atoms with Crippen molar-refractivity contribution in [2.75, 3.05) is 10.2 Å². The van der Waals surface area contributed by atoms with Gasteiger partial charge >= 0.3 is 0 Å². The lowest BCUT2D eigenvalue weighted by atomic mass is 9.96. The van der Waals surface area contributed by atoms with E-state index >= 15 is 0 Å². The highest BCUT2D eigenvalue weighted by Gasteiger charge is 2.46. The maximum Gasteiger partial charge on any atom is 0.300 e. The number of phenols is 2. The predicted molar refractivity (Wildman–Crippen MR) is 114 cm³/mol. The number of para-hydroxylation sites is 1. The van der Waals surface area contributed by atoms with Gasteiger partial charge in [-0.25, -0.2) is 0 Å². The second-order valence-corrected chi connectivity index (χ2v) is 7.05. The van der Waals surface area contributed by atoms with Gasteiger partial charge in [0.2, 0.25) is 0 Å². The summed E-state index contributed by atoms with van der Waals surface area (Å²) in [6.45, 7) is 1.75. The zero-order chi connectivity index (χ0) is 21.3. The number of benzene rings is 3. The summed E-state index contributed by atoms with van der Waals surface area (Å²) in [7, 11) is 0. The number of rotatable bonds is 4. The molecule has 1 saturated heterocycles. The van der Waals surface area contributed by atoms with E-state index in [2.05, 4.69) is 5.32 Å². The fraction of sp³-hybridized carbons (Fsp3) is 0.0833. The molecule has 0 radical (unpaired) electrons. The summed E-state index contributed by atoms with van der Waals surface area (Å²) in [5, 5.41) is 22.8. The number of phenolic OH excluding ortho intramolecular Hbond substituents is 2. The van der Waals surface area contributed by atoms with Gasteiger partial charge in [-0.1, -0.05) is 30.3 Å². The molecular formula is C24H20N2O4. The summed E-state index contributed by atoms with van der Waals surface area (Å²) >= 11 is 0. The van der Waals surface area contributed by atoms with E-state index in [-0.39, 0.29) is 11.5 Å². The Labute approximate surface area is 173 Å². The van der Waals surface area contributed by atoms with Crippen LogP contribution in [0.4, 0.5) is 11.4 Å². The van der Waals surface area contributed by atoms with Crippen LogP contribution >= 0.6 is 0 Å². The second kappa shape index (κ2) is 7.75. The third kappa shape index (κ3) is 3.51. The molecule has 30 heavy (non-hydrogen) atoms. The molecule has 6 nitrogen and oxygen atoms in total. The molecule has 3 N–H and O–H groups in total. The van der Waals surface area contributed by atoms with Crippen LogP contribution in [-0.4, -0.2) is 21.9 Å². The van der Waals surface area contributed by atoms with Gasteiger partial charge < -0.3 is 15.5 Å². The van der Waals surface area contributed by atoms with Crippen LogP contribution in [0, 0.1) is 0 Å².